The maximum atomic E-state index is 11.3. The number of aliphatic hydroxyl groups is 1. The smallest absolute Gasteiger partial charge is 0.224 e. The van der Waals surface area contributed by atoms with E-state index in [0.29, 0.717) is 12.3 Å². The molecule has 1 heterocycles. The molecule has 17 heavy (non-hydrogen) atoms. The van der Waals surface area contributed by atoms with E-state index in [1.165, 1.54) is 5.56 Å². The molecule has 1 aromatic carbocycles. The molecule has 92 valence electrons. The Labute approximate surface area is 102 Å². The van der Waals surface area contributed by atoms with Crippen LogP contribution >= 0.6 is 0 Å². The highest BCUT2D eigenvalue weighted by Gasteiger charge is 2.19. The molecule has 2 N–H and O–H groups in total. The fourth-order valence-electron chi connectivity index (χ4n) is 2.34. The van der Waals surface area contributed by atoms with Gasteiger partial charge in [0.05, 0.1) is 6.61 Å². The Morgan fingerprint density at radius 1 is 1.35 bits per heavy atom. The van der Waals surface area contributed by atoms with E-state index in [4.69, 9.17) is 0 Å². The fraction of sp³-hybridized carbons (Fsp3) is 0.500. The summed E-state index contributed by atoms with van der Waals surface area (Å²) in [4.78, 5) is 11.3. The normalized spacial score (nSPS) is 16.6. The SMILES string of the molecule is CC(C)C(CO)c1ccc2c(c1)CCC(=O)N2. The number of aliphatic hydroxyl groups excluding tert-OH is 1. The summed E-state index contributed by atoms with van der Waals surface area (Å²) < 4.78 is 0. The number of rotatable bonds is 3. The molecule has 2 rings (SSSR count). The third-order valence-corrected chi connectivity index (χ3v) is 3.45. The van der Waals surface area contributed by atoms with Crippen molar-refractivity contribution in [2.75, 3.05) is 11.9 Å². The number of aryl methyl sites for hydroxylation is 1. The number of anilines is 1. The van der Waals surface area contributed by atoms with Gasteiger partial charge in [-0.1, -0.05) is 26.0 Å². The lowest BCUT2D eigenvalue weighted by atomic mass is 9.87. The van der Waals surface area contributed by atoms with Gasteiger partial charge in [0.1, 0.15) is 0 Å². The van der Waals surface area contributed by atoms with Crippen LogP contribution in [-0.2, 0) is 11.2 Å². The predicted octanol–water partition coefficient (Wildman–Crippen LogP) is 2.30. The quantitative estimate of drug-likeness (QED) is 0.841. The number of nitrogens with one attached hydrogen (secondary N) is 1. The van der Waals surface area contributed by atoms with Crippen molar-refractivity contribution in [1.82, 2.24) is 0 Å². The lowest BCUT2D eigenvalue weighted by Gasteiger charge is -2.22. The van der Waals surface area contributed by atoms with Crippen LogP contribution in [0.1, 0.15) is 37.3 Å². The van der Waals surface area contributed by atoms with Crippen LogP contribution in [-0.4, -0.2) is 17.6 Å². The number of fused-ring (bicyclic) bond motifs is 1. The fourth-order valence-corrected chi connectivity index (χ4v) is 2.34. The summed E-state index contributed by atoms with van der Waals surface area (Å²) in [6, 6.07) is 6.08. The van der Waals surface area contributed by atoms with E-state index in [-0.39, 0.29) is 18.4 Å². The van der Waals surface area contributed by atoms with Gasteiger partial charge in [-0.2, -0.15) is 0 Å². The van der Waals surface area contributed by atoms with Crippen molar-refractivity contribution >= 4 is 11.6 Å². The summed E-state index contributed by atoms with van der Waals surface area (Å²) in [5.74, 6) is 0.682. The summed E-state index contributed by atoms with van der Waals surface area (Å²) in [6.07, 6.45) is 1.35. The molecule has 3 heteroatoms. The zero-order valence-corrected chi connectivity index (χ0v) is 10.4. The molecule has 1 aliphatic heterocycles. The lowest BCUT2D eigenvalue weighted by Crippen LogP contribution is -2.20. The predicted molar refractivity (Wildman–Crippen MR) is 68.1 cm³/mol. The Morgan fingerprint density at radius 3 is 2.76 bits per heavy atom. The topological polar surface area (TPSA) is 49.3 Å². The molecule has 0 saturated heterocycles. The van der Waals surface area contributed by atoms with Gasteiger partial charge in [0.25, 0.3) is 0 Å². The van der Waals surface area contributed by atoms with Crippen LogP contribution in [0, 0.1) is 5.92 Å². The van der Waals surface area contributed by atoms with Crippen LogP contribution in [0.25, 0.3) is 0 Å². The van der Waals surface area contributed by atoms with E-state index in [0.717, 1.165) is 17.7 Å². The molecule has 1 atom stereocenters. The average Bonchev–Trinajstić information content (AvgIpc) is 2.29. The summed E-state index contributed by atoms with van der Waals surface area (Å²) in [5, 5.41) is 12.3. The van der Waals surface area contributed by atoms with Crippen LogP contribution in [0.5, 0.6) is 0 Å². The van der Waals surface area contributed by atoms with E-state index in [1.807, 2.05) is 12.1 Å². The first-order valence-electron chi connectivity index (χ1n) is 6.15. The second-order valence-electron chi connectivity index (χ2n) is 5.00. The summed E-state index contributed by atoms with van der Waals surface area (Å²) >= 11 is 0. The summed E-state index contributed by atoms with van der Waals surface area (Å²) in [5.41, 5.74) is 3.27. The molecule has 0 fully saturated rings. The molecule has 0 radical (unpaired) electrons. The van der Waals surface area contributed by atoms with Crippen molar-refractivity contribution in [1.29, 1.82) is 0 Å². The minimum atomic E-state index is 0.0906. The zero-order chi connectivity index (χ0) is 12.4. The van der Waals surface area contributed by atoms with Crippen LogP contribution in [0.2, 0.25) is 0 Å². The third kappa shape index (κ3) is 2.50. The Morgan fingerprint density at radius 2 is 2.12 bits per heavy atom. The van der Waals surface area contributed by atoms with Gasteiger partial charge >= 0.3 is 0 Å². The molecule has 1 unspecified atom stereocenters. The van der Waals surface area contributed by atoms with Gasteiger partial charge in [-0.25, -0.2) is 0 Å². The molecule has 0 bridgehead atoms. The zero-order valence-electron chi connectivity index (χ0n) is 10.4. The number of benzene rings is 1. The number of carbonyl (C=O) groups is 1. The van der Waals surface area contributed by atoms with Crippen LogP contribution in [0.3, 0.4) is 0 Å². The number of amides is 1. The first-order chi connectivity index (χ1) is 8.11. The van der Waals surface area contributed by atoms with Gasteiger partial charge in [0.2, 0.25) is 5.91 Å². The Bertz CT molecular complexity index is 426. The number of hydrogen-bond acceptors (Lipinski definition) is 2. The van der Waals surface area contributed by atoms with E-state index in [9.17, 15) is 9.90 Å². The van der Waals surface area contributed by atoms with Crippen LogP contribution in [0.4, 0.5) is 5.69 Å². The van der Waals surface area contributed by atoms with E-state index in [2.05, 4.69) is 25.2 Å². The number of hydrogen-bond donors (Lipinski definition) is 2. The highest BCUT2D eigenvalue weighted by molar-refractivity contribution is 5.93. The summed E-state index contributed by atoms with van der Waals surface area (Å²) in [6.45, 7) is 4.40. The van der Waals surface area contributed by atoms with Gasteiger partial charge in [-0.3, -0.25) is 4.79 Å². The molecule has 0 aromatic heterocycles. The Balaban J connectivity index is 2.30. The highest BCUT2D eigenvalue weighted by atomic mass is 16.3. The van der Waals surface area contributed by atoms with Crippen molar-refractivity contribution in [3.63, 3.8) is 0 Å². The molecule has 3 nitrogen and oxygen atoms in total. The average molecular weight is 233 g/mol. The van der Waals surface area contributed by atoms with E-state index < -0.39 is 0 Å². The highest BCUT2D eigenvalue weighted by Crippen LogP contribution is 2.29. The van der Waals surface area contributed by atoms with Crippen molar-refractivity contribution < 1.29 is 9.90 Å². The van der Waals surface area contributed by atoms with Crippen molar-refractivity contribution in [3.05, 3.63) is 29.3 Å². The molecule has 1 amide bonds. The van der Waals surface area contributed by atoms with Gasteiger partial charge in [-0.15, -0.1) is 0 Å². The Hall–Kier alpha value is -1.35. The van der Waals surface area contributed by atoms with Gasteiger partial charge < -0.3 is 10.4 Å². The molecule has 1 aliphatic rings. The monoisotopic (exact) mass is 233 g/mol. The molecule has 0 saturated carbocycles. The van der Waals surface area contributed by atoms with Gasteiger partial charge in [-0.05, 0) is 29.5 Å². The summed E-state index contributed by atoms with van der Waals surface area (Å²) in [7, 11) is 0. The Kier molecular flexibility index (Phi) is 3.48. The van der Waals surface area contributed by atoms with Crippen molar-refractivity contribution in [2.45, 2.75) is 32.6 Å². The lowest BCUT2D eigenvalue weighted by molar-refractivity contribution is -0.116. The maximum Gasteiger partial charge on any atom is 0.224 e. The molecule has 1 aromatic rings. The molecular formula is C14H19NO2. The standard InChI is InChI=1S/C14H19NO2/c1-9(2)12(8-16)10-3-5-13-11(7-10)4-6-14(17)15-13/h3,5,7,9,12,16H,4,6,8H2,1-2H3,(H,15,17). The van der Waals surface area contributed by atoms with Crippen LogP contribution in [0.15, 0.2) is 18.2 Å². The first kappa shape index (κ1) is 12.1. The molecule has 0 aliphatic carbocycles. The maximum absolute atomic E-state index is 11.3. The van der Waals surface area contributed by atoms with Crippen molar-refractivity contribution in [2.24, 2.45) is 5.92 Å². The van der Waals surface area contributed by atoms with Gasteiger partial charge in [0, 0.05) is 18.0 Å². The number of carbonyl (C=O) groups excluding carboxylic acids is 1. The minimum Gasteiger partial charge on any atom is -0.396 e. The second-order valence-corrected chi connectivity index (χ2v) is 5.00. The first-order valence-corrected chi connectivity index (χ1v) is 6.15. The van der Waals surface area contributed by atoms with Gasteiger partial charge in [0.15, 0.2) is 0 Å². The largest absolute Gasteiger partial charge is 0.396 e. The van der Waals surface area contributed by atoms with E-state index in [1.54, 1.807) is 0 Å². The minimum absolute atomic E-state index is 0.0906. The van der Waals surface area contributed by atoms with Crippen molar-refractivity contribution in [3.8, 4) is 0 Å². The van der Waals surface area contributed by atoms with E-state index >= 15 is 0 Å². The molecule has 0 spiro atoms. The van der Waals surface area contributed by atoms with Crippen LogP contribution < -0.4 is 5.32 Å². The second kappa shape index (κ2) is 4.88. The third-order valence-electron chi connectivity index (χ3n) is 3.45. The molecular weight excluding hydrogens is 214 g/mol.